The molecular formula is C11H6BrN3OS. The second-order valence-corrected chi connectivity index (χ2v) is 5.56. The standard InChI is InChI=1S/C11H6BrN3OS/c12-9-3-4-10(17-9)15-11(16)8-2-1-7(5-13)6-14-8/h1-4,6H,(H,15,16). The molecule has 2 heterocycles. The number of nitrogens with one attached hydrogen (secondary N) is 1. The molecule has 0 aliphatic carbocycles. The van der Waals surface area contributed by atoms with E-state index in [1.165, 1.54) is 23.6 Å². The van der Waals surface area contributed by atoms with Crippen molar-refractivity contribution in [3.8, 4) is 6.07 Å². The number of nitrogens with zero attached hydrogens (tertiary/aromatic N) is 2. The number of hydrogen-bond donors (Lipinski definition) is 1. The van der Waals surface area contributed by atoms with Gasteiger partial charge in [0, 0.05) is 6.20 Å². The summed E-state index contributed by atoms with van der Waals surface area (Å²) in [4.78, 5) is 15.7. The molecule has 0 radical (unpaired) electrons. The van der Waals surface area contributed by atoms with Gasteiger partial charge in [0.05, 0.1) is 14.4 Å². The molecule has 6 heteroatoms. The van der Waals surface area contributed by atoms with Crippen molar-refractivity contribution >= 4 is 38.2 Å². The molecule has 2 aromatic rings. The van der Waals surface area contributed by atoms with Crippen molar-refractivity contribution in [2.45, 2.75) is 0 Å². The highest BCUT2D eigenvalue weighted by Crippen LogP contribution is 2.26. The lowest BCUT2D eigenvalue weighted by atomic mass is 10.2. The predicted octanol–water partition coefficient (Wildman–Crippen LogP) is 3.03. The van der Waals surface area contributed by atoms with E-state index in [1.807, 2.05) is 12.1 Å². The second kappa shape index (κ2) is 5.08. The summed E-state index contributed by atoms with van der Waals surface area (Å²) in [5.41, 5.74) is 0.717. The van der Waals surface area contributed by atoms with Crippen molar-refractivity contribution in [3.05, 3.63) is 45.5 Å². The summed E-state index contributed by atoms with van der Waals surface area (Å²) in [6.07, 6.45) is 1.37. The van der Waals surface area contributed by atoms with Gasteiger partial charge < -0.3 is 5.32 Å². The number of amides is 1. The highest BCUT2D eigenvalue weighted by atomic mass is 79.9. The van der Waals surface area contributed by atoms with Gasteiger partial charge in [-0.2, -0.15) is 5.26 Å². The number of halogens is 1. The van der Waals surface area contributed by atoms with Crippen LogP contribution in [-0.4, -0.2) is 10.9 Å². The normalized spacial score (nSPS) is 9.65. The second-order valence-electron chi connectivity index (χ2n) is 3.10. The number of aromatic nitrogens is 1. The van der Waals surface area contributed by atoms with Crippen molar-refractivity contribution in [2.75, 3.05) is 5.32 Å². The SMILES string of the molecule is N#Cc1ccc(C(=O)Nc2ccc(Br)s2)nc1. The van der Waals surface area contributed by atoms with Crippen LogP contribution in [0.15, 0.2) is 34.2 Å². The number of hydrogen-bond acceptors (Lipinski definition) is 4. The Labute approximate surface area is 110 Å². The molecule has 2 rings (SSSR count). The zero-order chi connectivity index (χ0) is 12.3. The van der Waals surface area contributed by atoms with E-state index in [0.29, 0.717) is 5.56 Å². The molecular weight excluding hydrogens is 302 g/mol. The van der Waals surface area contributed by atoms with Crippen molar-refractivity contribution < 1.29 is 4.79 Å². The Balaban J connectivity index is 2.12. The first-order chi connectivity index (χ1) is 8.19. The summed E-state index contributed by atoms with van der Waals surface area (Å²) < 4.78 is 0.945. The van der Waals surface area contributed by atoms with Crippen LogP contribution in [0.5, 0.6) is 0 Å². The van der Waals surface area contributed by atoms with E-state index in [2.05, 4.69) is 26.2 Å². The van der Waals surface area contributed by atoms with E-state index in [9.17, 15) is 4.79 Å². The zero-order valence-corrected chi connectivity index (χ0v) is 10.9. The molecule has 0 unspecified atom stereocenters. The molecule has 0 fully saturated rings. The lowest BCUT2D eigenvalue weighted by Crippen LogP contribution is -2.12. The first-order valence-electron chi connectivity index (χ1n) is 4.62. The maximum absolute atomic E-state index is 11.8. The minimum atomic E-state index is -0.288. The number of thiophene rings is 1. The van der Waals surface area contributed by atoms with E-state index in [-0.39, 0.29) is 11.6 Å². The van der Waals surface area contributed by atoms with E-state index < -0.39 is 0 Å². The van der Waals surface area contributed by atoms with Crippen LogP contribution in [0.4, 0.5) is 5.00 Å². The van der Waals surface area contributed by atoms with Gasteiger partial charge in [-0.25, -0.2) is 4.98 Å². The van der Waals surface area contributed by atoms with Crippen molar-refractivity contribution in [1.82, 2.24) is 4.98 Å². The predicted molar refractivity (Wildman–Crippen MR) is 68.9 cm³/mol. The summed E-state index contributed by atoms with van der Waals surface area (Å²) in [7, 11) is 0. The third-order valence-corrected chi connectivity index (χ3v) is 3.47. The van der Waals surface area contributed by atoms with Gasteiger partial charge in [-0.3, -0.25) is 4.79 Å². The molecule has 2 aromatic heterocycles. The van der Waals surface area contributed by atoms with E-state index >= 15 is 0 Å². The molecule has 17 heavy (non-hydrogen) atoms. The smallest absolute Gasteiger partial charge is 0.274 e. The zero-order valence-electron chi connectivity index (χ0n) is 8.48. The minimum absolute atomic E-state index is 0.286. The fraction of sp³-hybridized carbons (Fsp3) is 0. The number of rotatable bonds is 2. The Hall–Kier alpha value is -1.71. The summed E-state index contributed by atoms with van der Waals surface area (Å²) in [6.45, 7) is 0. The van der Waals surface area contributed by atoms with Crippen LogP contribution in [0, 0.1) is 11.3 Å². The van der Waals surface area contributed by atoms with Gasteiger partial charge in [0.25, 0.3) is 5.91 Å². The summed E-state index contributed by atoms with van der Waals surface area (Å²) >= 11 is 4.74. The van der Waals surface area contributed by atoms with Gasteiger partial charge in [-0.1, -0.05) is 0 Å². The summed E-state index contributed by atoms with van der Waals surface area (Å²) in [6, 6.07) is 8.69. The largest absolute Gasteiger partial charge is 0.312 e. The highest BCUT2D eigenvalue weighted by molar-refractivity contribution is 9.11. The molecule has 4 nitrogen and oxygen atoms in total. The van der Waals surface area contributed by atoms with Gasteiger partial charge in [0.1, 0.15) is 11.8 Å². The van der Waals surface area contributed by atoms with Crippen molar-refractivity contribution in [1.29, 1.82) is 5.26 Å². The lowest BCUT2D eigenvalue weighted by Gasteiger charge is -2.01. The van der Waals surface area contributed by atoms with Crippen LogP contribution >= 0.6 is 27.3 Å². The Morgan fingerprint density at radius 2 is 2.24 bits per heavy atom. The molecule has 0 spiro atoms. The molecule has 0 saturated carbocycles. The average Bonchev–Trinajstić information content (AvgIpc) is 2.75. The maximum Gasteiger partial charge on any atom is 0.274 e. The quantitative estimate of drug-likeness (QED) is 0.927. The Morgan fingerprint density at radius 3 is 2.76 bits per heavy atom. The molecule has 0 aliphatic rings. The molecule has 0 saturated heterocycles. The van der Waals surface area contributed by atoms with Crippen molar-refractivity contribution in [2.24, 2.45) is 0 Å². The number of carbonyl (C=O) groups excluding carboxylic acids is 1. The van der Waals surface area contributed by atoms with Gasteiger partial charge in [0.2, 0.25) is 0 Å². The molecule has 1 amide bonds. The van der Waals surface area contributed by atoms with Gasteiger partial charge in [0.15, 0.2) is 0 Å². The number of anilines is 1. The van der Waals surface area contributed by atoms with Crippen LogP contribution in [0.25, 0.3) is 0 Å². The third kappa shape index (κ3) is 2.90. The van der Waals surface area contributed by atoms with E-state index in [0.717, 1.165) is 8.79 Å². The molecule has 0 aliphatic heterocycles. The van der Waals surface area contributed by atoms with Crippen LogP contribution in [0.1, 0.15) is 16.1 Å². The van der Waals surface area contributed by atoms with E-state index in [1.54, 1.807) is 12.1 Å². The Morgan fingerprint density at radius 1 is 1.41 bits per heavy atom. The number of pyridine rings is 1. The molecule has 1 N–H and O–H groups in total. The third-order valence-electron chi connectivity index (χ3n) is 1.94. The first kappa shape index (κ1) is 11.8. The van der Waals surface area contributed by atoms with Gasteiger partial charge in [-0.15, -0.1) is 11.3 Å². The highest BCUT2D eigenvalue weighted by Gasteiger charge is 2.08. The summed E-state index contributed by atoms with van der Waals surface area (Å²) in [5.74, 6) is -0.288. The fourth-order valence-electron chi connectivity index (χ4n) is 1.15. The Bertz CT molecular complexity index is 586. The first-order valence-corrected chi connectivity index (χ1v) is 6.23. The van der Waals surface area contributed by atoms with Gasteiger partial charge >= 0.3 is 0 Å². The fourth-order valence-corrected chi connectivity index (χ4v) is 2.43. The number of carbonyl (C=O) groups is 1. The van der Waals surface area contributed by atoms with Crippen LogP contribution in [-0.2, 0) is 0 Å². The average molecular weight is 308 g/mol. The molecule has 0 bridgehead atoms. The van der Waals surface area contributed by atoms with Crippen molar-refractivity contribution in [3.63, 3.8) is 0 Å². The molecule has 84 valence electrons. The molecule has 0 aromatic carbocycles. The van der Waals surface area contributed by atoms with Crippen LogP contribution in [0.3, 0.4) is 0 Å². The minimum Gasteiger partial charge on any atom is -0.312 e. The van der Waals surface area contributed by atoms with Gasteiger partial charge in [-0.05, 0) is 40.2 Å². The number of nitriles is 1. The monoisotopic (exact) mass is 307 g/mol. The Kier molecular flexibility index (Phi) is 3.52. The summed E-state index contributed by atoms with van der Waals surface area (Å²) in [5, 5.41) is 12.1. The van der Waals surface area contributed by atoms with Crippen LogP contribution in [0.2, 0.25) is 0 Å². The van der Waals surface area contributed by atoms with Crippen LogP contribution < -0.4 is 5.32 Å². The maximum atomic E-state index is 11.8. The molecule has 0 atom stereocenters. The topological polar surface area (TPSA) is 65.8 Å². The van der Waals surface area contributed by atoms with E-state index in [4.69, 9.17) is 5.26 Å². The lowest BCUT2D eigenvalue weighted by molar-refractivity contribution is 0.102.